The third-order valence-electron chi connectivity index (χ3n) is 3.39. The third-order valence-corrected chi connectivity index (χ3v) is 3.39. The van der Waals surface area contributed by atoms with Gasteiger partial charge in [-0.1, -0.05) is 24.6 Å². The minimum absolute atomic E-state index is 0.867. The van der Waals surface area contributed by atoms with E-state index in [0.29, 0.717) is 0 Å². The summed E-state index contributed by atoms with van der Waals surface area (Å²) in [5.74, 6) is 0. The topological polar surface area (TPSA) is 40.7 Å². The number of H-pyrrole nitrogens is 1. The molecule has 0 unspecified atom stereocenters. The molecule has 3 heteroatoms. The standard InChI is InChI=1S/C16H23N3/c1-5-6-17-9-14-10-18-19-16(14)15-12(3)7-11(2)8-13(15)4/h7-8,10,17H,5-6,9H2,1-4H3,(H,18,19). The summed E-state index contributed by atoms with van der Waals surface area (Å²) >= 11 is 0. The molecule has 1 heterocycles. The van der Waals surface area contributed by atoms with Crippen LogP contribution in [0.1, 0.15) is 35.6 Å². The molecule has 19 heavy (non-hydrogen) atoms. The maximum atomic E-state index is 4.22. The predicted molar refractivity (Wildman–Crippen MR) is 80.2 cm³/mol. The van der Waals surface area contributed by atoms with Gasteiger partial charge in [0, 0.05) is 17.7 Å². The number of benzene rings is 1. The van der Waals surface area contributed by atoms with Crippen molar-refractivity contribution in [3.05, 3.63) is 40.6 Å². The molecule has 0 spiro atoms. The summed E-state index contributed by atoms with van der Waals surface area (Å²) in [6.45, 7) is 10.6. The minimum Gasteiger partial charge on any atom is -0.313 e. The molecule has 2 aromatic rings. The van der Waals surface area contributed by atoms with Crippen molar-refractivity contribution in [3.63, 3.8) is 0 Å². The van der Waals surface area contributed by atoms with Crippen LogP contribution >= 0.6 is 0 Å². The molecule has 0 bridgehead atoms. The molecule has 1 aromatic carbocycles. The first-order valence-corrected chi connectivity index (χ1v) is 6.94. The number of rotatable bonds is 5. The highest BCUT2D eigenvalue weighted by atomic mass is 15.1. The van der Waals surface area contributed by atoms with E-state index in [0.717, 1.165) is 25.2 Å². The molecule has 0 aliphatic carbocycles. The van der Waals surface area contributed by atoms with Crippen LogP contribution in [0.15, 0.2) is 18.3 Å². The van der Waals surface area contributed by atoms with Crippen LogP contribution in [-0.4, -0.2) is 16.7 Å². The van der Waals surface area contributed by atoms with Crippen LogP contribution in [-0.2, 0) is 6.54 Å². The molecular formula is C16H23N3. The van der Waals surface area contributed by atoms with E-state index in [1.165, 1.54) is 27.8 Å². The number of aryl methyl sites for hydroxylation is 3. The van der Waals surface area contributed by atoms with Gasteiger partial charge >= 0.3 is 0 Å². The Morgan fingerprint density at radius 2 is 1.84 bits per heavy atom. The Morgan fingerprint density at radius 1 is 1.16 bits per heavy atom. The highest BCUT2D eigenvalue weighted by molar-refractivity contribution is 5.70. The third kappa shape index (κ3) is 3.04. The van der Waals surface area contributed by atoms with E-state index >= 15 is 0 Å². The van der Waals surface area contributed by atoms with E-state index in [-0.39, 0.29) is 0 Å². The van der Waals surface area contributed by atoms with E-state index in [9.17, 15) is 0 Å². The van der Waals surface area contributed by atoms with Gasteiger partial charge in [-0.3, -0.25) is 5.10 Å². The fraction of sp³-hybridized carbons (Fsp3) is 0.438. The van der Waals surface area contributed by atoms with E-state index in [1.54, 1.807) is 0 Å². The zero-order valence-electron chi connectivity index (χ0n) is 12.3. The van der Waals surface area contributed by atoms with Crippen molar-refractivity contribution in [1.82, 2.24) is 15.5 Å². The fourth-order valence-electron chi connectivity index (χ4n) is 2.64. The quantitative estimate of drug-likeness (QED) is 0.805. The SMILES string of the molecule is CCCNCc1cn[nH]c1-c1c(C)cc(C)cc1C. The average molecular weight is 257 g/mol. The molecule has 0 fully saturated rings. The van der Waals surface area contributed by atoms with Crippen LogP contribution in [0.25, 0.3) is 11.3 Å². The number of nitrogens with zero attached hydrogens (tertiary/aromatic N) is 1. The van der Waals surface area contributed by atoms with E-state index in [1.807, 2.05) is 6.20 Å². The summed E-state index contributed by atoms with van der Waals surface area (Å²) in [5.41, 5.74) is 7.60. The molecule has 0 saturated carbocycles. The molecule has 0 aliphatic rings. The summed E-state index contributed by atoms with van der Waals surface area (Å²) in [6.07, 6.45) is 3.08. The lowest BCUT2D eigenvalue weighted by Gasteiger charge is -2.12. The average Bonchev–Trinajstić information content (AvgIpc) is 2.76. The molecule has 3 nitrogen and oxygen atoms in total. The first kappa shape index (κ1) is 13.8. The van der Waals surface area contributed by atoms with E-state index < -0.39 is 0 Å². The lowest BCUT2D eigenvalue weighted by atomic mass is 9.95. The zero-order chi connectivity index (χ0) is 13.8. The first-order chi connectivity index (χ1) is 9.13. The smallest absolute Gasteiger partial charge is 0.0700 e. The van der Waals surface area contributed by atoms with Crippen molar-refractivity contribution in [2.75, 3.05) is 6.54 Å². The zero-order valence-corrected chi connectivity index (χ0v) is 12.3. The summed E-state index contributed by atoms with van der Waals surface area (Å²) in [4.78, 5) is 0. The van der Waals surface area contributed by atoms with Crippen LogP contribution in [0.2, 0.25) is 0 Å². The van der Waals surface area contributed by atoms with Crippen molar-refractivity contribution < 1.29 is 0 Å². The highest BCUT2D eigenvalue weighted by Crippen LogP contribution is 2.29. The molecule has 0 amide bonds. The second-order valence-electron chi connectivity index (χ2n) is 5.22. The fourth-order valence-corrected chi connectivity index (χ4v) is 2.64. The molecule has 0 radical (unpaired) electrons. The predicted octanol–water partition coefficient (Wildman–Crippen LogP) is 3.50. The van der Waals surface area contributed by atoms with Gasteiger partial charge in [0.25, 0.3) is 0 Å². The van der Waals surface area contributed by atoms with Crippen molar-refractivity contribution in [2.24, 2.45) is 0 Å². The van der Waals surface area contributed by atoms with Crippen LogP contribution in [0.4, 0.5) is 0 Å². The Kier molecular flexibility index (Phi) is 4.38. The van der Waals surface area contributed by atoms with Gasteiger partial charge in [-0.2, -0.15) is 5.10 Å². The lowest BCUT2D eigenvalue weighted by Crippen LogP contribution is -2.14. The monoisotopic (exact) mass is 257 g/mol. The second-order valence-corrected chi connectivity index (χ2v) is 5.22. The molecular weight excluding hydrogens is 234 g/mol. The number of nitrogens with one attached hydrogen (secondary N) is 2. The van der Waals surface area contributed by atoms with Gasteiger partial charge in [-0.05, 0) is 44.9 Å². The van der Waals surface area contributed by atoms with Gasteiger partial charge in [-0.15, -0.1) is 0 Å². The van der Waals surface area contributed by atoms with Crippen LogP contribution < -0.4 is 5.32 Å². The normalized spacial score (nSPS) is 10.9. The summed E-state index contributed by atoms with van der Waals surface area (Å²) in [6, 6.07) is 4.46. The van der Waals surface area contributed by atoms with Gasteiger partial charge in [-0.25, -0.2) is 0 Å². The molecule has 0 saturated heterocycles. The van der Waals surface area contributed by atoms with Crippen molar-refractivity contribution in [1.29, 1.82) is 0 Å². The molecule has 2 rings (SSSR count). The Hall–Kier alpha value is -1.61. The van der Waals surface area contributed by atoms with Crippen molar-refractivity contribution in [3.8, 4) is 11.3 Å². The van der Waals surface area contributed by atoms with Crippen molar-refractivity contribution >= 4 is 0 Å². The lowest BCUT2D eigenvalue weighted by molar-refractivity contribution is 0.676. The number of aromatic nitrogens is 2. The molecule has 2 N–H and O–H groups in total. The van der Waals surface area contributed by atoms with E-state index in [2.05, 4.69) is 55.3 Å². The van der Waals surface area contributed by atoms with Gasteiger partial charge in [0.05, 0.1) is 11.9 Å². The minimum atomic E-state index is 0.867. The van der Waals surface area contributed by atoms with Gasteiger partial charge in [0.2, 0.25) is 0 Å². The van der Waals surface area contributed by atoms with Crippen LogP contribution in [0.3, 0.4) is 0 Å². The van der Waals surface area contributed by atoms with Crippen LogP contribution in [0.5, 0.6) is 0 Å². The summed E-state index contributed by atoms with van der Waals surface area (Å²) in [7, 11) is 0. The number of hydrogen-bond acceptors (Lipinski definition) is 2. The largest absolute Gasteiger partial charge is 0.313 e. The first-order valence-electron chi connectivity index (χ1n) is 6.94. The Balaban J connectivity index is 2.35. The van der Waals surface area contributed by atoms with Crippen LogP contribution in [0, 0.1) is 20.8 Å². The Morgan fingerprint density at radius 3 is 2.47 bits per heavy atom. The molecule has 0 aliphatic heterocycles. The second kappa shape index (κ2) is 6.02. The maximum absolute atomic E-state index is 4.22. The van der Waals surface area contributed by atoms with E-state index in [4.69, 9.17) is 0 Å². The van der Waals surface area contributed by atoms with Gasteiger partial charge < -0.3 is 5.32 Å². The highest BCUT2D eigenvalue weighted by Gasteiger charge is 2.12. The van der Waals surface area contributed by atoms with Gasteiger partial charge in [0.1, 0.15) is 0 Å². The van der Waals surface area contributed by atoms with Crippen molar-refractivity contribution in [2.45, 2.75) is 40.7 Å². The number of hydrogen-bond donors (Lipinski definition) is 2. The Bertz CT molecular complexity index is 532. The Labute approximate surface area is 115 Å². The maximum Gasteiger partial charge on any atom is 0.0700 e. The molecule has 0 atom stereocenters. The number of aromatic amines is 1. The summed E-state index contributed by atoms with van der Waals surface area (Å²) in [5, 5.41) is 10.8. The van der Waals surface area contributed by atoms with Gasteiger partial charge in [0.15, 0.2) is 0 Å². The molecule has 102 valence electrons. The summed E-state index contributed by atoms with van der Waals surface area (Å²) < 4.78 is 0. The molecule has 1 aromatic heterocycles.